The molecule has 5 heteroatoms. The Hall–Kier alpha value is -1.88. The Kier molecular flexibility index (Phi) is 8.22. The summed E-state index contributed by atoms with van der Waals surface area (Å²) in [6, 6.07) is 7.58. The second-order valence-electron chi connectivity index (χ2n) is 5.16. The molecule has 2 N–H and O–H groups in total. The number of carbonyl (C=O) groups excluding carboxylic acids is 2. The zero-order valence-corrected chi connectivity index (χ0v) is 13.6. The van der Waals surface area contributed by atoms with Gasteiger partial charge in [0.05, 0.1) is 0 Å². The number of benzene rings is 1. The van der Waals surface area contributed by atoms with Gasteiger partial charge >= 0.3 is 11.8 Å². The van der Waals surface area contributed by atoms with Gasteiger partial charge < -0.3 is 15.4 Å². The Bertz CT molecular complexity index is 489. The van der Waals surface area contributed by atoms with Gasteiger partial charge in [-0.05, 0) is 37.3 Å². The Morgan fingerprint density at radius 1 is 1.18 bits per heavy atom. The summed E-state index contributed by atoms with van der Waals surface area (Å²) in [5.74, 6) is -0.923. The average molecular weight is 306 g/mol. The molecule has 0 saturated carbocycles. The van der Waals surface area contributed by atoms with Crippen molar-refractivity contribution in [2.24, 2.45) is 0 Å². The van der Waals surface area contributed by atoms with Crippen molar-refractivity contribution < 1.29 is 14.3 Å². The highest BCUT2D eigenvalue weighted by Crippen LogP contribution is 2.26. The van der Waals surface area contributed by atoms with Crippen LogP contribution in [-0.2, 0) is 14.3 Å². The zero-order chi connectivity index (χ0) is 16.4. The number of nitrogens with one attached hydrogen (secondary N) is 2. The second kappa shape index (κ2) is 9.95. The molecule has 2 amide bonds. The van der Waals surface area contributed by atoms with Crippen molar-refractivity contribution in [2.75, 3.05) is 25.1 Å². The molecule has 122 valence electrons. The predicted octanol–water partition coefficient (Wildman–Crippen LogP) is 2.68. The third-order valence-corrected chi connectivity index (χ3v) is 3.51. The quantitative estimate of drug-likeness (QED) is 0.573. The second-order valence-corrected chi connectivity index (χ2v) is 5.16. The highest BCUT2D eigenvalue weighted by atomic mass is 16.5. The minimum atomic E-state index is -0.632. The highest BCUT2D eigenvalue weighted by Gasteiger charge is 2.16. The van der Waals surface area contributed by atoms with E-state index in [1.165, 1.54) is 0 Å². The molecule has 0 aliphatic heterocycles. The topological polar surface area (TPSA) is 67.4 Å². The molecule has 1 aromatic carbocycles. The Morgan fingerprint density at radius 2 is 1.91 bits per heavy atom. The third kappa shape index (κ3) is 5.85. The molecule has 5 nitrogen and oxygen atoms in total. The number of rotatable bonds is 8. The molecule has 0 bridgehead atoms. The van der Waals surface area contributed by atoms with Crippen molar-refractivity contribution in [1.82, 2.24) is 5.32 Å². The lowest BCUT2D eigenvalue weighted by Gasteiger charge is -2.15. The van der Waals surface area contributed by atoms with E-state index in [1.807, 2.05) is 31.2 Å². The van der Waals surface area contributed by atoms with Crippen molar-refractivity contribution >= 4 is 17.5 Å². The Morgan fingerprint density at radius 3 is 2.59 bits per heavy atom. The van der Waals surface area contributed by atoms with E-state index in [9.17, 15) is 9.59 Å². The van der Waals surface area contributed by atoms with Gasteiger partial charge in [-0.3, -0.25) is 9.59 Å². The maximum absolute atomic E-state index is 11.9. The zero-order valence-electron chi connectivity index (χ0n) is 13.6. The standard InChI is InChI=1S/C17H26N2O3/c1-4-13(3)14-9-6-7-10-15(14)19-17(21)16(20)18-11-8-12-22-5-2/h6-7,9-10,13H,4-5,8,11-12H2,1-3H3,(H,18,20)(H,19,21). The number of anilines is 1. The normalized spacial score (nSPS) is 11.8. The van der Waals surface area contributed by atoms with Gasteiger partial charge in [0, 0.05) is 25.4 Å². The lowest BCUT2D eigenvalue weighted by molar-refractivity contribution is -0.136. The van der Waals surface area contributed by atoms with Crippen molar-refractivity contribution in [3.05, 3.63) is 29.8 Å². The molecule has 1 atom stereocenters. The summed E-state index contributed by atoms with van der Waals surface area (Å²) >= 11 is 0. The molecule has 0 aliphatic carbocycles. The van der Waals surface area contributed by atoms with Crippen LogP contribution in [0.2, 0.25) is 0 Å². The first-order valence-electron chi connectivity index (χ1n) is 7.85. The maximum Gasteiger partial charge on any atom is 0.313 e. The fourth-order valence-electron chi connectivity index (χ4n) is 2.04. The van der Waals surface area contributed by atoms with E-state index in [4.69, 9.17) is 4.74 Å². The molecule has 0 aliphatic rings. The van der Waals surface area contributed by atoms with E-state index in [2.05, 4.69) is 24.5 Å². The van der Waals surface area contributed by atoms with Crippen LogP contribution in [0.4, 0.5) is 5.69 Å². The fourth-order valence-corrected chi connectivity index (χ4v) is 2.04. The van der Waals surface area contributed by atoms with Gasteiger partial charge in [-0.25, -0.2) is 0 Å². The summed E-state index contributed by atoms with van der Waals surface area (Å²) in [4.78, 5) is 23.7. The molecular weight excluding hydrogens is 280 g/mol. The van der Waals surface area contributed by atoms with Gasteiger partial charge in [0.1, 0.15) is 0 Å². The van der Waals surface area contributed by atoms with Crippen molar-refractivity contribution in [1.29, 1.82) is 0 Å². The summed E-state index contributed by atoms with van der Waals surface area (Å²) in [7, 11) is 0. The van der Waals surface area contributed by atoms with Crippen LogP contribution < -0.4 is 10.6 Å². The minimum Gasteiger partial charge on any atom is -0.382 e. The van der Waals surface area contributed by atoms with Crippen LogP contribution >= 0.6 is 0 Å². The van der Waals surface area contributed by atoms with E-state index < -0.39 is 11.8 Å². The maximum atomic E-state index is 11.9. The van der Waals surface area contributed by atoms with Gasteiger partial charge in [0.15, 0.2) is 0 Å². The first-order valence-corrected chi connectivity index (χ1v) is 7.85. The molecule has 1 aromatic rings. The Labute approximate surface area is 132 Å². The number of amides is 2. The summed E-state index contributed by atoms with van der Waals surface area (Å²) in [5.41, 5.74) is 1.74. The molecule has 0 radical (unpaired) electrons. The van der Waals surface area contributed by atoms with Crippen LogP contribution in [0.1, 0.15) is 45.1 Å². The molecule has 22 heavy (non-hydrogen) atoms. The SMILES string of the molecule is CCOCCCNC(=O)C(=O)Nc1ccccc1C(C)CC. The predicted molar refractivity (Wildman–Crippen MR) is 87.9 cm³/mol. The van der Waals surface area contributed by atoms with Gasteiger partial charge in [-0.1, -0.05) is 32.0 Å². The first-order chi connectivity index (χ1) is 10.6. The minimum absolute atomic E-state index is 0.325. The highest BCUT2D eigenvalue weighted by molar-refractivity contribution is 6.39. The number of para-hydroxylation sites is 1. The summed E-state index contributed by atoms with van der Waals surface area (Å²) in [6.45, 7) is 7.77. The van der Waals surface area contributed by atoms with Crippen LogP contribution in [-0.4, -0.2) is 31.6 Å². The molecule has 0 saturated heterocycles. The van der Waals surface area contributed by atoms with E-state index >= 15 is 0 Å². The number of ether oxygens (including phenoxy) is 1. The van der Waals surface area contributed by atoms with Crippen molar-refractivity contribution in [3.63, 3.8) is 0 Å². The molecule has 1 rings (SSSR count). The van der Waals surface area contributed by atoms with Gasteiger partial charge in [-0.2, -0.15) is 0 Å². The fraction of sp³-hybridized carbons (Fsp3) is 0.529. The van der Waals surface area contributed by atoms with Gasteiger partial charge in [-0.15, -0.1) is 0 Å². The monoisotopic (exact) mass is 306 g/mol. The summed E-state index contributed by atoms with van der Waals surface area (Å²) < 4.78 is 5.17. The number of hydrogen-bond acceptors (Lipinski definition) is 3. The lowest BCUT2D eigenvalue weighted by Crippen LogP contribution is -2.36. The molecular formula is C17H26N2O3. The summed E-state index contributed by atoms with van der Waals surface area (Å²) in [5, 5.41) is 5.29. The van der Waals surface area contributed by atoms with E-state index in [1.54, 1.807) is 0 Å². The number of hydrogen-bond donors (Lipinski definition) is 2. The van der Waals surface area contributed by atoms with Gasteiger partial charge in [0.25, 0.3) is 0 Å². The largest absolute Gasteiger partial charge is 0.382 e. The lowest BCUT2D eigenvalue weighted by atomic mass is 9.97. The van der Waals surface area contributed by atoms with Crippen LogP contribution in [0.15, 0.2) is 24.3 Å². The van der Waals surface area contributed by atoms with E-state index in [0.29, 0.717) is 37.8 Å². The van der Waals surface area contributed by atoms with Gasteiger partial charge in [0.2, 0.25) is 0 Å². The van der Waals surface area contributed by atoms with Crippen molar-refractivity contribution in [3.8, 4) is 0 Å². The molecule has 0 fully saturated rings. The molecule has 0 heterocycles. The smallest absolute Gasteiger partial charge is 0.313 e. The average Bonchev–Trinajstić information content (AvgIpc) is 2.54. The molecule has 0 aromatic heterocycles. The summed E-state index contributed by atoms with van der Waals surface area (Å²) in [6.07, 6.45) is 1.66. The Balaban J connectivity index is 2.52. The van der Waals surface area contributed by atoms with E-state index in [0.717, 1.165) is 12.0 Å². The number of carbonyl (C=O) groups is 2. The van der Waals surface area contributed by atoms with Crippen LogP contribution in [0.5, 0.6) is 0 Å². The molecule has 1 unspecified atom stereocenters. The van der Waals surface area contributed by atoms with Crippen LogP contribution in [0.25, 0.3) is 0 Å². The molecule has 0 spiro atoms. The van der Waals surface area contributed by atoms with Crippen LogP contribution in [0.3, 0.4) is 0 Å². The van der Waals surface area contributed by atoms with Crippen LogP contribution in [0, 0.1) is 0 Å². The third-order valence-electron chi connectivity index (χ3n) is 3.51. The first kappa shape index (κ1) is 18.2. The van der Waals surface area contributed by atoms with E-state index in [-0.39, 0.29) is 0 Å². The van der Waals surface area contributed by atoms with Crippen molar-refractivity contribution in [2.45, 2.75) is 39.5 Å².